The maximum absolute atomic E-state index is 12.9. The fourth-order valence-corrected chi connectivity index (χ4v) is 4.98. The largest absolute Gasteiger partial charge is 0.353 e. The van der Waals surface area contributed by atoms with Crippen molar-refractivity contribution in [3.8, 4) is 0 Å². The Morgan fingerprint density at radius 2 is 1.85 bits per heavy atom. The number of aryl methyl sites for hydroxylation is 1. The third-order valence-electron chi connectivity index (χ3n) is 6.08. The van der Waals surface area contributed by atoms with Crippen LogP contribution in [0.25, 0.3) is 10.3 Å². The molecular formula is C23H26N6O3S. The standard InChI is InChI=1S/C23H26N6O3S/c1-14-2-4-16(5-3-14)25-18(30)12-29-13-24-20-19(22(29)32)33-23(27-20)28-10-8-15(9-11-28)21(31)26-17-6-7-17/h2-5,13,15,17H,6-12H2,1H3,(H,25,30)(H,26,31). The lowest BCUT2D eigenvalue weighted by molar-refractivity contribution is -0.125. The number of hydrogen-bond donors (Lipinski definition) is 2. The molecule has 2 amide bonds. The molecule has 3 heterocycles. The number of fused-ring (bicyclic) bond motifs is 1. The molecule has 33 heavy (non-hydrogen) atoms. The minimum atomic E-state index is -0.293. The van der Waals surface area contributed by atoms with E-state index in [-0.39, 0.29) is 29.8 Å². The first-order valence-electron chi connectivity index (χ1n) is 11.2. The molecule has 1 saturated carbocycles. The van der Waals surface area contributed by atoms with E-state index in [4.69, 9.17) is 0 Å². The van der Waals surface area contributed by atoms with Crippen molar-refractivity contribution in [2.75, 3.05) is 23.3 Å². The number of nitrogens with one attached hydrogen (secondary N) is 2. The normalized spacial score (nSPS) is 16.7. The van der Waals surface area contributed by atoms with Gasteiger partial charge in [0.1, 0.15) is 17.6 Å². The van der Waals surface area contributed by atoms with Crippen molar-refractivity contribution in [1.29, 1.82) is 0 Å². The fourth-order valence-electron chi connectivity index (χ4n) is 3.95. The maximum atomic E-state index is 12.9. The lowest BCUT2D eigenvalue weighted by atomic mass is 9.96. The molecule has 9 nitrogen and oxygen atoms in total. The molecular weight excluding hydrogens is 440 g/mol. The highest BCUT2D eigenvalue weighted by molar-refractivity contribution is 7.22. The van der Waals surface area contributed by atoms with Crippen molar-refractivity contribution < 1.29 is 9.59 Å². The summed E-state index contributed by atoms with van der Waals surface area (Å²) >= 11 is 1.29. The molecule has 2 aliphatic rings. The summed E-state index contributed by atoms with van der Waals surface area (Å²) in [6.45, 7) is 3.29. The Hall–Kier alpha value is -3.27. The van der Waals surface area contributed by atoms with Crippen molar-refractivity contribution >= 4 is 44.3 Å². The molecule has 0 spiro atoms. The van der Waals surface area contributed by atoms with Crippen LogP contribution in [0, 0.1) is 12.8 Å². The minimum Gasteiger partial charge on any atom is -0.353 e. The highest BCUT2D eigenvalue weighted by atomic mass is 32.1. The second kappa shape index (κ2) is 8.93. The number of nitrogens with zero attached hydrogens (tertiary/aromatic N) is 4. The van der Waals surface area contributed by atoms with Crippen LogP contribution in [0.4, 0.5) is 10.8 Å². The highest BCUT2D eigenvalue weighted by Crippen LogP contribution is 2.30. The van der Waals surface area contributed by atoms with Gasteiger partial charge in [0, 0.05) is 30.7 Å². The van der Waals surface area contributed by atoms with Crippen LogP contribution in [-0.2, 0) is 16.1 Å². The first-order chi connectivity index (χ1) is 16.0. The van der Waals surface area contributed by atoms with Crippen LogP contribution in [-0.4, -0.2) is 45.5 Å². The van der Waals surface area contributed by atoms with E-state index >= 15 is 0 Å². The molecule has 0 radical (unpaired) electrons. The first kappa shape index (κ1) is 21.6. The van der Waals surface area contributed by atoms with E-state index in [1.807, 2.05) is 31.2 Å². The van der Waals surface area contributed by atoms with Gasteiger partial charge < -0.3 is 15.5 Å². The Morgan fingerprint density at radius 3 is 2.55 bits per heavy atom. The SMILES string of the molecule is Cc1ccc(NC(=O)Cn2cnc3nc(N4CCC(C(=O)NC5CC5)CC4)sc3c2=O)cc1. The predicted molar refractivity (Wildman–Crippen MR) is 128 cm³/mol. The van der Waals surface area contributed by atoms with Gasteiger partial charge in [-0.15, -0.1) is 0 Å². The van der Waals surface area contributed by atoms with Gasteiger partial charge in [0.25, 0.3) is 5.56 Å². The average Bonchev–Trinajstić information content (AvgIpc) is 3.52. The van der Waals surface area contributed by atoms with Crippen LogP contribution in [0.15, 0.2) is 35.4 Å². The molecule has 2 fully saturated rings. The molecule has 5 rings (SSSR count). The van der Waals surface area contributed by atoms with E-state index in [0.29, 0.717) is 22.1 Å². The molecule has 172 valence electrons. The smallest absolute Gasteiger partial charge is 0.273 e. The van der Waals surface area contributed by atoms with Crippen molar-refractivity contribution in [1.82, 2.24) is 19.9 Å². The number of carbonyl (C=O) groups is 2. The quantitative estimate of drug-likeness (QED) is 0.577. The number of anilines is 2. The number of aromatic nitrogens is 3. The number of hydrogen-bond acceptors (Lipinski definition) is 7. The van der Waals surface area contributed by atoms with Gasteiger partial charge in [-0.3, -0.25) is 19.0 Å². The highest BCUT2D eigenvalue weighted by Gasteiger charge is 2.30. The zero-order valence-corrected chi connectivity index (χ0v) is 19.2. The van der Waals surface area contributed by atoms with Crippen LogP contribution >= 0.6 is 11.3 Å². The number of rotatable bonds is 6. The van der Waals surface area contributed by atoms with Gasteiger partial charge in [0.05, 0.1) is 0 Å². The molecule has 2 N–H and O–H groups in total. The molecule has 0 atom stereocenters. The summed E-state index contributed by atoms with van der Waals surface area (Å²) in [4.78, 5) is 48.6. The van der Waals surface area contributed by atoms with Gasteiger partial charge >= 0.3 is 0 Å². The summed E-state index contributed by atoms with van der Waals surface area (Å²) in [5, 5.41) is 6.62. The van der Waals surface area contributed by atoms with Crippen molar-refractivity contribution in [3.63, 3.8) is 0 Å². The van der Waals surface area contributed by atoms with Crippen LogP contribution in [0.2, 0.25) is 0 Å². The van der Waals surface area contributed by atoms with Crippen molar-refractivity contribution in [2.45, 2.75) is 45.2 Å². The summed E-state index contributed by atoms with van der Waals surface area (Å²) in [6, 6.07) is 7.86. The number of benzene rings is 1. The third-order valence-corrected chi connectivity index (χ3v) is 7.18. The van der Waals surface area contributed by atoms with E-state index in [1.54, 1.807) is 0 Å². The second-order valence-electron chi connectivity index (χ2n) is 8.79. The average molecular weight is 467 g/mol. The molecule has 10 heteroatoms. The molecule has 2 aromatic heterocycles. The Kier molecular flexibility index (Phi) is 5.84. The van der Waals surface area contributed by atoms with E-state index in [2.05, 4.69) is 25.5 Å². The van der Waals surface area contributed by atoms with Crippen molar-refractivity contribution in [3.05, 3.63) is 46.5 Å². The molecule has 0 unspecified atom stereocenters. The summed E-state index contributed by atoms with van der Waals surface area (Å²) < 4.78 is 1.74. The fraction of sp³-hybridized carbons (Fsp3) is 0.435. The van der Waals surface area contributed by atoms with Crippen LogP contribution in [0.3, 0.4) is 0 Å². The Bertz CT molecular complexity index is 1240. The first-order valence-corrected chi connectivity index (χ1v) is 12.1. The van der Waals surface area contributed by atoms with Gasteiger partial charge in [0.15, 0.2) is 10.8 Å². The van der Waals surface area contributed by atoms with Gasteiger partial charge in [-0.1, -0.05) is 29.0 Å². The Balaban J connectivity index is 1.24. The van der Waals surface area contributed by atoms with Crippen LogP contribution in [0.5, 0.6) is 0 Å². The molecule has 0 bridgehead atoms. The zero-order chi connectivity index (χ0) is 22.9. The van der Waals surface area contributed by atoms with Crippen LogP contribution < -0.4 is 21.1 Å². The Morgan fingerprint density at radius 1 is 1.12 bits per heavy atom. The lowest BCUT2D eigenvalue weighted by Crippen LogP contribution is -2.41. The van der Waals surface area contributed by atoms with Crippen LogP contribution in [0.1, 0.15) is 31.2 Å². The maximum Gasteiger partial charge on any atom is 0.273 e. The summed E-state index contributed by atoms with van der Waals surface area (Å²) in [5.41, 5.74) is 1.90. The van der Waals surface area contributed by atoms with E-state index < -0.39 is 0 Å². The van der Waals surface area contributed by atoms with E-state index in [1.165, 1.54) is 22.2 Å². The minimum absolute atomic E-state index is 0.0404. The van der Waals surface area contributed by atoms with Gasteiger partial charge in [0.2, 0.25) is 11.8 Å². The summed E-state index contributed by atoms with van der Waals surface area (Å²) in [5.74, 6) is -0.0908. The number of thiazole rings is 1. The van der Waals surface area contributed by atoms with Gasteiger partial charge in [-0.2, -0.15) is 4.98 Å². The molecule has 1 saturated heterocycles. The molecule has 3 aromatic rings. The number of piperidine rings is 1. The second-order valence-corrected chi connectivity index (χ2v) is 9.76. The van der Waals surface area contributed by atoms with E-state index in [9.17, 15) is 14.4 Å². The summed E-state index contributed by atoms with van der Waals surface area (Å²) in [6.07, 6.45) is 5.09. The van der Waals surface area contributed by atoms with E-state index in [0.717, 1.165) is 49.5 Å². The Labute approximate surface area is 194 Å². The topological polar surface area (TPSA) is 109 Å². The molecule has 1 aliphatic heterocycles. The number of carbonyl (C=O) groups excluding carboxylic acids is 2. The van der Waals surface area contributed by atoms with Gasteiger partial charge in [-0.05, 0) is 44.7 Å². The monoisotopic (exact) mass is 466 g/mol. The summed E-state index contributed by atoms with van der Waals surface area (Å²) in [7, 11) is 0. The van der Waals surface area contributed by atoms with Gasteiger partial charge in [-0.25, -0.2) is 4.98 Å². The molecule has 1 aliphatic carbocycles. The number of amides is 2. The van der Waals surface area contributed by atoms with Crippen molar-refractivity contribution in [2.24, 2.45) is 5.92 Å². The zero-order valence-electron chi connectivity index (χ0n) is 18.4. The molecule has 1 aromatic carbocycles. The third kappa shape index (κ3) is 4.90. The lowest BCUT2D eigenvalue weighted by Gasteiger charge is -2.30. The predicted octanol–water partition coefficient (Wildman–Crippen LogP) is 2.30.